The predicted octanol–water partition coefficient (Wildman–Crippen LogP) is 5.83. The lowest BCUT2D eigenvalue weighted by Crippen LogP contribution is -2.08. The molecule has 0 bridgehead atoms. The second kappa shape index (κ2) is 8.08. The number of halogens is 1. The zero-order valence-electron chi connectivity index (χ0n) is 15.6. The van der Waals surface area contributed by atoms with Crippen LogP contribution in [0.15, 0.2) is 64.0 Å². The van der Waals surface area contributed by atoms with Crippen LogP contribution < -0.4 is 10.7 Å². The molecular weight excluding hydrogens is 449 g/mol. The van der Waals surface area contributed by atoms with Gasteiger partial charge < -0.3 is 9.73 Å². The number of nitrogens with one attached hydrogen (secondary N) is 1. The molecule has 4 rings (SSSR count). The van der Waals surface area contributed by atoms with Crippen LogP contribution in [0.4, 0.5) is 11.4 Å². The standard InChI is InChI=1S/C22H21N3O.HI/c1-4-23-19-13-22-20(11-15(19)3)25-18-10-9-16(12-21(18)26-22)24-17-8-6-5-7-14(17)2;/h5-13,24H,4H2,1-3H3;1H/b23-19+;. The Bertz CT molecular complexity index is 1130. The van der Waals surface area contributed by atoms with E-state index in [2.05, 4.69) is 36.3 Å². The van der Waals surface area contributed by atoms with Crippen LogP contribution in [0.25, 0.3) is 22.6 Å². The molecule has 4 nitrogen and oxygen atoms in total. The first kappa shape index (κ1) is 19.4. The van der Waals surface area contributed by atoms with Crippen LogP contribution in [0.1, 0.15) is 18.1 Å². The smallest absolute Gasteiger partial charge is 0.155 e. The van der Waals surface area contributed by atoms with Gasteiger partial charge in [-0.1, -0.05) is 18.2 Å². The quantitative estimate of drug-likeness (QED) is 0.302. The van der Waals surface area contributed by atoms with Crippen molar-refractivity contribution in [3.8, 4) is 11.5 Å². The first-order chi connectivity index (χ1) is 12.6. The number of anilines is 2. The zero-order chi connectivity index (χ0) is 18.1. The molecule has 5 heteroatoms. The molecule has 0 aromatic heterocycles. The van der Waals surface area contributed by atoms with Gasteiger partial charge in [0.1, 0.15) is 11.2 Å². The lowest BCUT2D eigenvalue weighted by atomic mass is 10.1. The molecule has 0 saturated heterocycles. The monoisotopic (exact) mass is 471 g/mol. The van der Waals surface area contributed by atoms with Gasteiger partial charge in [0, 0.05) is 30.1 Å². The fourth-order valence-electron chi connectivity index (χ4n) is 3.05. The lowest BCUT2D eigenvalue weighted by molar-refractivity contribution is 0.612. The van der Waals surface area contributed by atoms with E-state index in [0.717, 1.165) is 51.4 Å². The molecule has 2 aromatic rings. The van der Waals surface area contributed by atoms with Crippen molar-refractivity contribution in [3.05, 3.63) is 71.1 Å². The van der Waals surface area contributed by atoms with Crippen LogP contribution >= 0.6 is 24.0 Å². The molecule has 2 aliphatic rings. The van der Waals surface area contributed by atoms with Crippen molar-refractivity contribution in [1.29, 1.82) is 0 Å². The van der Waals surface area contributed by atoms with E-state index < -0.39 is 0 Å². The number of nitrogens with zero attached hydrogens (tertiary/aromatic N) is 2. The van der Waals surface area contributed by atoms with Gasteiger partial charge in [0.25, 0.3) is 0 Å². The van der Waals surface area contributed by atoms with Crippen molar-refractivity contribution in [2.45, 2.75) is 20.8 Å². The van der Waals surface area contributed by atoms with Gasteiger partial charge in [0.15, 0.2) is 11.3 Å². The van der Waals surface area contributed by atoms with Crippen molar-refractivity contribution >= 4 is 46.5 Å². The molecule has 0 radical (unpaired) electrons. The molecule has 1 N–H and O–H groups in total. The highest BCUT2D eigenvalue weighted by atomic mass is 127. The number of hydrogen-bond acceptors (Lipinski definition) is 4. The summed E-state index contributed by atoms with van der Waals surface area (Å²) in [6.45, 7) is 6.92. The summed E-state index contributed by atoms with van der Waals surface area (Å²) >= 11 is 0. The van der Waals surface area contributed by atoms with E-state index in [0.29, 0.717) is 0 Å². The third-order valence-corrected chi connectivity index (χ3v) is 4.45. The number of para-hydroxylation sites is 1. The van der Waals surface area contributed by atoms with E-state index in [1.807, 2.05) is 49.4 Å². The number of hydrogen-bond donors (Lipinski definition) is 1. The average molecular weight is 471 g/mol. The highest BCUT2D eigenvalue weighted by Gasteiger charge is 2.11. The Morgan fingerprint density at radius 3 is 2.59 bits per heavy atom. The summed E-state index contributed by atoms with van der Waals surface area (Å²) in [5, 5.41) is 4.40. The van der Waals surface area contributed by atoms with Crippen LogP contribution in [-0.2, 0) is 0 Å². The zero-order valence-corrected chi connectivity index (χ0v) is 17.9. The molecule has 2 aromatic carbocycles. The minimum absolute atomic E-state index is 0. The topological polar surface area (TPSA) is 50.4 Å². The second-order valence-electron chi connectivity index (χ2n) is 6.42. The average Bonchev–Trinajstić information content (AvgIpc) is 2.63. The normalized spacial score (nSPS) is 11.6. The largest absolute Gasteiger partial charge is 0.453 e. The van der Waals surface area contributed by atoms with E-state index >= 15 is 0 Å². The molecule has 1 aliphatic heterocycles. The molecule has 1 aliphatic carbocycles. The first-order valence-corrected chi connectivity index (χ1v) is 8.82. The van der Waals surface area contributed by atoms with Gasteiger partial charge in [-0.25, -0.2) is 4.98 Å². The first-order valence-electron chi connectivity index (χ1n) is 8.82. The van der Waals surface area contributed by atoms with Crippen LogP contribution in [0.2, 0.25) is 0 Å². The number of rotatable bonds is 3. The molecule has 138 valence electrons. The van der Waals surface area contributed by atoms with Crippen molar-refractivity contribution < 1.29 is 4.42 Å². The fourth-order valence-corrected chi connectivity index (χ4v) is 3.05. The third kappa shape index (κ3) is 3.98. The summed E-state index contributed by atoms with van der Waals surface area (Å²) in [7, 11) is 0. The summed E-state index contributed by atoms with van der Waals surface area (Å²) in [6.07, 6.45) is 0. The van der Waals surface area contributed by atoms with E-state index in [9.17, 15) is 0 Å². The van der Waals surface area contributed by atoms with Crippen molar-refractivity contribution in [2.24, 2.45) is 4.99 Å². The molecule has 27 heavy (non-hydrogen) atoms. The third-order valence-electron chi connectivity index (χ3n) is 4.45. The Balaban J connectivity index is 0.00000210. The maximum absolute atomic E-state index is 6.13. The molecule has 0 fully saturated rings. The minimum Gasteiger partial charge on any atom is -0.453 e. The van der Waals surface area contributed by atoms with Crippen LogP contribution in [0.5, 0.6) is 0 Å². The maximum Gasteiger partial charge on any atom is 0.155 e. The summed E-state index contributed by atoms with van der Waals surface area (Å²) < 4.78 is 6.13. The van der Waals surface area contributed by atoms with E-state index in [4.69, 9.17) is 9.40 Å². The summed E-state index contributed by atoms with van der Waals surface area (Å²) in [6, 6.07) is 18.2. The Labute approximate surface area is 175 Å². The van der Waals surface area contributed by atoms with Crippen molar-refractivity contribution in [2.75, 3.05) is 11.9 Å². The van der Waals surface area contributed by atoms with Crippen molar-refractivity contribution in [3.63, 3.8) is 0 Å². The summed E-state index contributed by atoms with van der Waals surface area (Å²) in [5.41, 5.74) is 6.81. The van der Waals surface area contributed by atoms with E-state index in [1.165, 1.54) is 5.56 Å². The Morgan fingerprint density at radius 2 is 1.81 bits per heavy atom. The van der Waals surface area contributed by atoms with Gasteiger partial charge in [-0.2, -0.15) is 0 Å². The molecular formula is C22H22IN3O. The van der Waals surface area contributed by atoms with E-state index in [1.54, 1.807) is 0 Å². The molecule has 0 atom stereocenters. The van der Waals surface area contributed by atoms with Gasteiger partial charge in [-0.3, -0.25) is 4.99 Å². The second-order valence-corrected chi connectivity index (χ2v) is 6.42. The molecule has 0 unspecified atom stereocenters. The van der Waals surface area contributed by atoms with Gasteiger partial charge in [-0.05, 0) is 56.2 Å². The van der Waals surface area contributed by atoms with Gasteiger partial charge in [0.2, 0.25) is 0 Å². The minimum atomic E-state index is 0. The molecule has 1 heterocycles. The molecule has 0 spiro atoms. The fraction of sp³-hybridized carbons (Fsp3) is 0.182. The molecule has 0 amide bonds. The predicted molar refractivity (Wildman–Crippen MR) is 121 cm³/mol. The van der Waals surface area contributed by atoms with E-state index in [-0.39, 0.29) is 24.0 Å². The lowest BCUT2D eigenvalue weighted by Gasteiger charge is -2.11. The van der Waals surface area contributed by atoms with Crippen molar-refractivity contribution in [1.82, 2.24) is 4.98 Å². The summed E-state index contributed by atoms with van der Waals surface area (Å²) in [5.74, 6) is 0.753. The van der Waals surface area contributed by atoms with Gasteiger partial charge in [0.05, 0.1) is 5.36 Å². The number of aryl methyl sites for hydroxylation is 2. The van der Waals surface area contributed by atoms with Crippen LogP contribution in [0, 0.1) is 13.8 Å². The molecule has 0 saturated carbocycles. The van der Waals surface area contributed by atoms with Crippen LogP contribution in [0.3, 0.4) is 0 Å². The SMILES string of the molecule is CC/N=c1\cc2oc3cc(Nc4ccccc4C)ccc3nc-2cc1C.I. The highest BCUT2D eigenvalue weighted by Crippen LogP contribution is 2.28. The Kier molecular flexibility index (Phi) is 5.79. The Hall–Kier alpha value is -2.41. The van der Waals surface area contributed by atoms with Gasteiger partial charge >= 0.3 is 0 Å². The highest BCUT2D eigenvalue weighted by molar-refractivity contribution is 14.0. The summed E-state index contributed by atoms with van der Waals surface area (Å²) in [4.78, 5) is 9.26. The number of fused-ring (bicyclic) bond motifs is 2. The van der Waals surface area contributed by atoms with Gasteiger partial charge in [-0.15, -0.1) is 24.0 Å². The number of benzene rings is 3. The maximum atomic E-state index is 6.13. The number of aromatic nitrogens is 1. The Morgan fingerprint density at radius 1 is 1.00 bits per heavy atom. The van der Waals surface area contributed by atoms with Crippen LogP contribution in [-0.4, -0.2) is 11.5 Å².